The topological polar surface area (TPSA) is 46.0 Å². The molecule has 1 aliphatic rings. The van der Waals surface area contributed by atoms with Crippen LogP contribution in [-0.4, -0.2) is 24.5 Å². The standard InChI is InChI=1S/C28H29N5S/c1-18-13-19(2)15-23(14-18)33-20(3)16-24(21(33)4)27-26(25-10-6-8-12-30-25)31-28(34)32(27)17-22-9-5-7-11-29-22/h5-16,26-27H,17H2,1-4H3,(H,31,34). The van der Waals surface area contributed by atoms with Crippen molar-refractivity contribution < 1.29 is 0 Å². The van der Waals surface area contributed by atoms with Crippen LogP contribution in [-0.2, 0) is 6.54 Å². The second kappa shape index (κ2) is 9.03. The van der Waals surface area contributed by atoms with Gasteiger partial charge < -0.3 is 14.8 Å². The number of nitrogens with zero attached hydrogens (tertiary/aromatic N) is 4. The molecule has 1 aliphatic heterocycles. The average Bonchev–Trinajstić information content (AvgIpc) is 3.29. The van der Waals surface area contributed by atoms with Gasteiger partial charge in [0.25, 0.3) is 0 Å². The zero-order valence-corrected chi connectivity index (χ0v) is 20.8. The SMILES string of the molecule is Cc1cc(C)cc(-n2c(C)cc(C3C(c4ccccn4)NC(=S)N3Cc3ccccn3)c2C)c1. The van der Waals surface area contributed by atoms with Gasteiger partial charge in [0, 0.05) is 29.5 Å². The molecule has 5 nitrogen and oxygen atoms in total. The van der Waals surface area contributed by atoms with Crippen molar-refractivity contribution in [1.82, 2.24) is 24.8 Å². The van der Waals surface area contributed by atoms with Gasteiger partial charge >= 0.3 is 0 Å². The summed E-state index contributed by atoms with van der Waals surface area (Å²) in [5.41, 5.74) is 9.34. The fraction of sp³-hybridized carbons (Fsp3) is 0.250. The lowest BCUT2D eigenvalue weighted by Gasteiger charge is -2.28. The van der Waals surface area contributed by atoms with Crippen LogP contribution >= 0.6 is 12.2 Å². The fourth-order valence-corrected chi connectivity index (χ4v) is 5.45. The van der Waals surface area contributed by atoms with Gasteiger partial charge in [0.15, 0.2) is 5.11 Å². The quantitative estimate of drug-likeness (QED) is 0.383. The summed E-state index contributed by atoms with van der Waals surface area (Å²) >= 11 is 5.86. The van der Waals surface area contributed by atoms with E-state index in [1.165, 1.54) is 33.8 Å². The molecule has 0 radical (unpaired) electrons. The Bertz CT molecular complexity index is 1310. The van der Waals surface area contributed by atoms with Crippen molar-refractivity contribution in [2.75, 3.05) is 0 Å². The summed E-state index contributed by atoms with van der Waals surface area (Å²) in [7, 11) is 0. The lowest BCUT2D eigenvalue weighted by molar-refractivity contribution is 0.307. The van der Waals surface area contributed by atoms with Crippen LogP contribution < -0.4 is 5.32 Å². The third-order valence-corrected chi connectivity index (χ3v) is 6.86. The van der Waals surface area contributed by atoms with Gasteiger partial charge in [-0.15, -0.1) is 0 Å². The number of aromatic nitrogens is 3. The molecular weight excluding hydrogens is 438 g/mol. The summed E-state index contributed by atoms with van der Waals surface area (Å²) in [6.45, 7) is 9.31. The first-order valence-electron chi connectivity index (χ1n) is 11.6. The van der Waals surface area contributed by atoms with Crippen molar-refractivity contribution in [3.8, 4) is 5.69 Å². The van der Waals surface area contributed by atoms with Crippen LogP contribution in [0.4, 0.5) is 0 Å². The molecule has 6 heteroatoms. The molecule has 0 saturated carbocycles. The van der Waals surface area contributed by atoms with E-state index in [1.807, 2.05) is 42.7 Å². The van der Waals surface area contributed by atoms with Gasteiger partial charge in [0.05, 0.1) is 30.0 Å². The second-order valence-electron chi connectivity index (χ2n) is 9.08. The lowest BCUT2D eigenvalue weighted by Crippen LogP contribution is -2.29. The van der Waals surface area contributed by atoms with Gasteiger partial charge in [0.1, 0.15) is 0 Å². The van der Waals surface area contributed by atoms with Gasteiger partial charge in [-0.25, -0.2) is 0 Å². The Morgan fingerprint density at radius 3 is 2.24 bits per heavy atom. The summed E-state index contributed by atoms with van der Waals surface area (Å²) in [4.78, 5) is 11.5. The Kier molecular flexibility index (Phi) is 5.92. The third kappa shape index (κ3) is 4.10. The number of thiocarbonyl (C=S) groups is 1. The van der Waals surface area contributed by atoms with E-state index in [-0.39, 0.29) is 12.1 Å². The molecular formula is C28H29N5S. The predicted molar refractivity (Wildman–Crippen MR) is 140 cm³/mol. The Morgan fingerprint density at radius 1 is 0.882 bits per heavy atom. The number of nitrogens with one attached hydrogen (secondary N) is 1. The number of hydrogen-bond acceptors (Lipinski definition) is 3. The van der Waals surface area contributed by atoms with Crippen molar-refractivity contribution in [3.05, 3.63) is 113 Å². The minimum Gasteiger partial charge on any atom is -0.352 e. The lowest BCUT2D eigenvalue weighted by atomic mass is 9.96. The van der Waals surface area contributed by atoms with Gasteiger partial charge in [-0.1, -0.05) is 18.2 Å². The molecule has 4 heterocycles. The molecule has 1 saturated heterocycles. The molecule has 0 amide bonds. The van der Waals surface area contributed by atoms with Gasteiger partial charge in [-0.3, -0.25) is 9.97 Å². The summed E-state index contributed by atoms with van der Waals surface area (Å²) in [5.74, 6) is 0. The molecule has 5 rings (SSSR count). The third-order valence-electron chi connectivity index (χ3n) is 6.51. The van der Waals surface area contributed by atoms with E-state index >= 15 is 0 Å². The highest BCUT2D eigenvalue weighted by molar-refractivity contribution is 7.80. The highest BCUT2D eigenvalue weighted by Crippen LogP contribution is 2.42. The molecule has 3 aromatic heterocycles. The van der Waals surface area contributed by atoms with Crippen molar-refractivity contribution in [1.29, 1.82) is 0 Å². The van der Waals surface area contributed by atoms with Crippen LogP contribution in [0.3, 0.4) is 0 Å². The summed E-state index contributed by atoms with van der Waals surface area (Å²) in [5, 5.41) is 4.29. The van der Waals surface area contributed by atoms with E-state index in [9.17, 15) is 0 Å². The molecule has 0 aliphatic carbocycles. The first kappa shape index (κ1) is 22.3. The van der Waals surface area contributed by atoms with E-state index in [4.69, 9.17) is 12.2 Å². The zero-order chi connectivity index (χ0) is 23.8. The number of hydrogen-bond donors (Lipinski definition) is 1. The van der Waals surface area contributed by atoms with E-state index in [0.717, 1.165) is 16.5 Å². The molecule has 34 heavy (non-hydrogen) atoms. The van der Waals surface area contributed by atoms with E-state index < -0.39 is 0 Å². The van der Waals surface area contributed by atoms with E-state index in [1.54, 1.807) is 0 Å². The molecule has 2 atom stereocenters. The minimum absolute atomic E-state index is 0.00439. The molecule has 4 aromatic rings. The normalized spacial score (nSPS) is 17.8. The van der Waals surface area contributed by atoms with Crippen LogP contribution in [0.5, 0.6) is 0 Å². The highest BCUT2D eigenvalue weighted by atomic mass is 32.1. The first-order chi connectivity index (χ1) is 16.4. The fourth-order valence-electron chi connectivity index (χ4n) is 5.14. The predicted octanol–water partition coefficient (Wildman–Crippen LogP) is 5.67. The maximum Gasteiger partial charge on any atom is 0.170 e. The van der Waals surface area contributed by atoms with Gasteiger partial charge in [-0.05, 0) is 99.1 Å². The average molecular weight is 468 g/mol. The number of pyridine rings is 2. The minimum atomic E-state index is -0.0504. The van der Waals surface area contributed by atoms with Crippen LogP contribution in [0.1, 0.15) is 51.5 Å². The molecule has 1 fully saturated rings. The number of aryl methyl sites for hydroxylation is 3. The number of rotatable bonds is 5. The molecule has 0 bridgehead atoms. The molecule has 1 aromatic carbocycles. The van der Waals surface area contributed by atoms with Crippen LogP contribution in [0.25, 0.3) is 5.69 Å². The second-order valence-corrected chi connectivity index (χ2v) is 9.47. The molecule has 0 spiro atoms. The molecule has 2 unspecified atom stereocenters. The van der Waals surface area contributed by atoms with Crippen LogP contribution in [0.15, 0.2) is 73.1 Å². The Balaban J connectivity index is 1.63. The summed E-state index contributed by atoms with van der Waals surface area (Å²) < 4.78 is 2.35. The smallest absolute Gasteiger partial charge is 0.170 e. The van der Waals surface area contributed by atoms with Crippen molar-refractivity contribution in [3.63, 3.8) is 0 Å². The summed E-state index contributed by atoms with van der Waals surface area (Å²) in [6.07, 6.45) is 3.68. The van der Waals surface area contributed by atoms with E-state index in [2.05, 4.69) is 82.8 Å². The maximum absolute atomic E-state index is 5.86. The van der Waals surface area contributed by atoms with Gasteiger partial charge in [-0.2, -0.15) is 0 Å². The number of benzene rings is 1. The molecule has 1 N–H and O–H groups in total. The molecule has 172 valence electrons. The maximum atomic E-state index is 5.86. The Hall–Kier alpha value is -3.51. The van der Waals surface area contributed by atoms with Crippen molar-refractivity contribution in [2.45, 2.75) is 46.3 Å². The largest absolute Gasteiger partial charge is 0.352 e. The van der Waals surface area contributed by atoms with Crippen LogP contribution in [0, 0.1) is 27.7 Å². The van der Waals surface area contributed by atoms with Crippen molar-refractivity contribution >= 4 is 17.3 Å². The Labute approximate surface area is 206 Å². The zero-order valence-electron chi connectivity index (χ0n) is 20.0. The van der Waals surface area contributed by atoms with Gasteiger partial charge in [0.2, 0.25) is 0 Å². The summed E-state index contributed by atoms with van der Waals surface area (Å²) in [6, 6.07) is 21.0. The van der Waals surface area contributed by atoms with E-state index in [0.29, 0.717) is 6.54 Å². The Morgan fingerprint density at radius 2 is 1.59 bits per heavy atom. The van der Waals surface area contributed by atoms with Crippen molar-refractivity contribution in [2.24, 2.45) is 0 Å². The van der Waals surface area contributed by atoms with Crippen LogP contribution in [0.2, 0.25) is 0 Å². The monoisotopic (exact) mass is 467 g/mol. The first-order valence-corrected chi connectivity index (χ1v) is 12.0. The highest BCUT2D eigenvalue weighted by Gasteiger charge is 2.41.